The zero-order valence-electron chi connectivity index (χ0n) is 13.9. The first-order valence-corrected chi connectivity index (χ1v) is 8.70. The average molecular weight is 321 g/mol. The summed E-state index contributed by atoms with van der Waals surface area (Å²) in [7, 11) is 1.99. The van der Waals surface area contributed by atoms with E-state index < -0.39 is 0 Å². The van der Waals surface area contributed by atoms with Gasteiger partial charge < -0.3 is 9.88 Å². The molecule has 1 saturated carbocycles. The van der Waals surface area contributed by atoms with Crippen molar-refractivity contribution in [3.63, 3.8) is 0 Å². The van der Waals surface area contributed by atoms with Crippen molar-refractivity contribution < 1.29 is 4.79 Å². The van der Waals surface area contributed by atoms with Crippen LogP contribution in [0.2, 0.25) is 0 Å². The molecule has 0 spiro atoms. The number of fused-ring (bicyclic) bond motifs is 2. The van der Waals surface area contributed by atoms with Crippen molar-refractivity contribution in [3.8, 4) is 0 Å². The number of amides is 1. The fourth-order valence-electron chi connectivity index (χ4n) is 4.07. The monoisotopic (exact) mass is 321 g/mol. The zero-order valence-corrected chi connectivity index (χ0v) is 13.9. The second-order valence-corrected chi connectivity index (χ2v) is 7.02. The lowest BCUT2D eigenvalue weighted by Gasteiger charge is -2.24. The molecule has 0 aliphatic heterocycles. The van der Waals surface area contributed by atoms with E-state index in [1.165, 1.54) is 0 Å². The molecule has 1 fully saturated rings. The van der Waals surface area contributed by atoms with Gasteiger partial charge in [-0.2, -0.15) is 0 Å². The number of nitrogens with one attached hydrogen (secondary N) is 1. The average Bonchev–Trinajstić information content (AvgIpc) is 3.33. The molecule has 0 radical (unpaired) electrons. The van der Waals surface area contributed by atoms with Gasteiger partial charge in [-0.1, -0.05) is 42.5 Å². The van der Waals surface area contributed by atoms with Crippen LogP contribution in [0.1, 0.15) is 30.3 Å². The molecular weight excluding hydrogens is 298 g/mol. The number of nitrogens with zero attached hydrogens (tertiary/aromatic N) is 2. The van der Waals surface area contributed by atoms with E-state index in [0.717, 1.165) is 24.2 Å². The van der Waals surface area contributed by atoms with E-state index in [0.29, 0.717) is 18.3 Å². The standard InChI is InChI=1S/C20H23N3O/c1-23-10-9-21-19(23)13-18(15-5-3-2-4-6-15)22-20(24)17-12-14-7-8-16(17)11-14/h2-10,14,16-18H,11-13H2,1H3,(H,22,24)/t14-,16-,17+,18-/m0/s1. The highest BCUT2D eigenvalue weighted by Gasteiger charge is 2.40. The van der Waals surface area contributed by atoms with Gasteiger partial charge >= 0.3 is 0 Å². The Morgan fingerprint density at radius 2 is 2.12 bits per heavy atom. The van der Waals surface area contributed by atoms with Crippen LogP contribution in [0.5, 0.6) is 0 Å². The molecular formula is C20H23N3O. The van der Waals surface area contributed by atoms with Gasteiger partial charge in [0.1, 0.15) is 5.82 Å². The number of carbonyl (C=O) groups is 1. The lowest BCUT2D eigenvalue weighted by Crippen LogP contribution is -2.36. The summed E-state index contributed by atoms with van der Waals surface area (Å²) >= 11 is 0. The lowest BCUT2D eigenvalue weighted by molar-refractivity contribution is -0.126. The van der Waals surface area contributed by atoms with E-state index in [-0.39, 0.29) is 17.9 Å². The summed E-state index contributed by atoms with van der Waals surface area (Å²) < 4.78 is 2.02. The van der Waals surface area contributed by atoms with Gasteiger partial charge in [-0.05, 0) is 30.2 Å². The molecule has 1 amide bonds. The van der Waals surface area contributed by atoms with Crippen molar-refractivity contribution in [2.45, 2.75) is 25.3 Å². The molecule has 2 bridgehead atoms. The van der Waals surface area contributed by atoms with Crippen LogP contribution in [0, 0.1) is 17.8 Å². The number of allylic oxidation sites excluding steroid dienone is 2. The molecule has 0 unspecified atom stereocenters. The quantitative estimate of drug-likeness (QED) is 0.861. The summed E-state index contributed by atoms with van der Waals surface area (Å²) in [6, 6.07) is 10.2. The van der Waals surface area contributed by atoms with Gasteiger partial charge in [0, 0.05) is 31.8 Å². The van der Waals surface area contributed by atoms with Crippen LogP contribution in [-0.2, 0) is 18.3 Å². The Morgan fingerprint density at radius 3 is 2.75 bits per heavy atom. The van der Waals surface area contributed by atoms with Crippen molar-refractivity contribution in [2.24, 2.45) is 24.8 Å². The Morgan fingerprint density at radius 1 is 1.29 bits per heavy atom. The SMILES string of the molecule is Cn1ccnc1C[C@H](NC(=O)[C@@H]1C[C@H]2C=C[C@H]1C2)c1ccccc1. The maximum Gasteiger partial charge on any atom is 0.224 e. The van der Waals surface area contributed by atoms with Gasteiger partial charge in [-0.3, -0.25) is 4.79 Å². The topological polar surface area (TPSA) is 46.9 Å². The molecule has 4 heteroatoms. The van der Waals surface area contributed by atoms with Crippen molar-refractivity contribution >= 4 is 5.91 Å². The maximum atomic E-state index is 12.9. The summed E-state index contributed by atoms with van der Waals surface area (Å²) in [6.45, 7) is 0. The van der Waals surface area contributed by atoms with Crippen LogP contribution in [0.3, 0.4) is 0 Å². The van der Waals surface area contributed by atoms with E-state index in [1.807, 2.05) is 36.0 Å². The van der Waals surface area contributed by atoms with E-state index in [2.05, 4.69) is 34.6 Å². The molecule has 2 aromatic rings. The van der Waals surface area contributed by atoms with Crippen LogP contribution in [0.25, 0.3) is 0 Å². The van der Waals surface area contributed by atoms with Crippen LogP contribution in [0.15, 0.2) is 54.9 Å². The molecule has 0 saturated heterocycles. The number of benzene rings is 1. The van der Waals surface area contributed by atoms with Crippen molar-refractivity contribution in [1.29, 1.82) is 0 Å². The molecule has 4 nitrogen and oxygen atoms in total. The minimum Gasteiger partial charge on any atom is -0.349 e. The van der Waals surface area contributed by atoms with Crippen molar-refractivity contribution in [1.82, 2.24) is 14.9 Å². The molecule has 4 rings (SSSR count). The van der Waals surface area contributed by atoms with Gasteiger partial charge in [0.2, 0.25) is 5.91 Å². The summed E-state index contributed by atoms with van der Waals surface area (Å²) in [6.07, 6.45) is 11.1. The summed E-state index contributed by atoms with van der Waals surface area (Å²) in [5, 5.41) is 3.30. The third kappa shape index (κ3) is 2.88. The largest absolute Gasteiger partial charge is 0.349 e. The molecule has 1 heterocycles. The highest BCUT2D eigenvalue weighted by Crippen LogP contribution is 2.43. The van der Waals surface area contributed by atoms with Gasteiger partial charge in [0.05, 0.1) is 6.04 Å². The molecule has 2 aliphatic carbocycles. The van der Waals surface area contributed by atoms with E-state index in [9.17, 15) is 4.79 Å². The van der Waals surface area contributed by atoms with Gasteiger partial charge in [0.15, 0.2) is 0 Å². The number of rotatable bonds is 5. The maximum absolute atomic E-state index is 12.9. The summed E-state index contributed by atoms with van der Waals surface area (Å²) in [4.78, 5) is 17.3. The molecule has 4 atom stereocenters. The Balaban J connectivity index is 1.53. The number of aromatic nitrogens is 2. The summed E-state index contributed by atoms with van der Waals surface area (Å²) in [5.41, 5.74) is 1.13. The second kappa shape index (κ2) is 6.27. The van der Waals surface area contributed by atoms with E-state index in [1.54, 1.807) is 6.20 Å². The molecule has 2 aliphatic rings. The van der Waals surface area contributed by atoms with Crippen molar-refractivity contribution in [3.05, 3.63) is 66.3 Å². The smallest absolute Gasteiger partial charge is 0.224 e. The normalized spacial score (nSPS) is 25.8. The Hall–Kier alpha value is -2.36. The zero-order chi connectivity index (χ0) is 16.5. The summed E-state index contributed by atoms with van der Waals surface area (Å²) in [5.74, 6) is 2.34. The Labute approximate surface area is 142 Å². The second-order valence-electron chi connectivity index (χ2n) is 7.02. The first-order valence-electron chi connectivity index (χ1n) is 8.70. The van der Waals surface area contributed by atoms with Crippen molar-refractivity contribution in [2.75, 3.05) is 0 Å². The first kappa shape index (κ1) is 15.2. The molecule has 1 N–H and O–H groups in total. The fourth-order valence-corrected chi connectivity index (χ4v) is 4.07. The Kier molecular flexibility index (Phi) is 3.97. The first-order chi connectivity index (χ1) is 11.7. The van der Waals surface area contributed by atoms with E-state index >= 15 is 0 Å². The van der Waals surface area contributed by atoms with Gasteiger partial charge in [-0.15, -0.1) is 0 Å². The third-order valence-corrected chi connectivity index (χ3v) is 5.44. The lowest BCUT2D eigenvalue weighted by atomic mass is 9.92. The number of hydrogen-bond acceptors (Lipinski definition) is 2. The van der Waals surface area contributed by atoms with Crippen LogP contribution < -0.4 is 5.32 Å². The third-order valence-electron chi connectivity index (χ3n) is 5.44. The predicted octanol–water partition coefficient (Wildman–Crippen LogP) is 3.03. The van der Waals surface area contributed by atoms with Gasteiger partial charge in [-0.25, -0.2) is 4.98 Å². The minimum atomic E-state index is -0.0390. The van der Waals surface area contributed by atoms with Crippen LogP contribution >= 0.6 is 0 Å². The molecule has 124 valence electrons. The number of imidazole rings is 1. The van der Waals surface area contributed by atoms with Crippen LogP contribution in [-0.4, -0.2) is 15.5 Å². The Bertz CT molecular complexity index is 749. The fraction of sp³-hybridized carbons (Fsp3) is 0.400. The molecule has 1 aromatic carbocycles. The highest BCUT2D eigenvalue weighted by molar-refractivity contribution is 5.80. The van der Waals surface area contributed by atoms with Crippen LogP contribution in [0.4, 0.5) is 0 Å². The number of carbonyl (C=O) groups excluding carboxylic acids is 1. The number of hydrogen-bond donors (Lipinski definition) is 1. The predicted molar refractivity (Wildman–Crippen MR) is 93.1 cm³/mol. The molecule has 24 heavy (non-hydrogen) atoms. The minimum absolute atomic E-state index is 0.0390. The highest BCUT2D eigenvalue weighted by atomic mass is 16.2. The van der Waals surface area contributed by atoms with Gasteiger partial charge in [0.25, 0.3) is 0 Å². The number of aryl methyl sites for hydroxylation is 1. The van der Waals surface area contributed by atoms with E-state index in [4.69, 9.17) is 0 Å². The molecule has 1 aromatic heterocycles.